The molecule has 0 aromatic heterocycles. The van der Waals surface area contributed by atoms with Crippen LogP contribution < -0.4 is 10.6 Å². The summed E-state index contributed by atoms with van der Waals surface area (Å²) in [5, 5.41) is 6.70. The Hall–Kier alpha value is -0.780. The first kappa shape index (κ1) is 17.6. The summed E-state index contributed by atoms with van der Waals surface area (Å²) in [4.78, 5) is 12.6. The van der Waals surface area contributed by atoms with Gasteiger partial charge in [0.25, 0.3) is 0 Å². The highest BCUT2D eigenvalue weighted by atomic mass is 35.5. The highest BCUT2D eigenvalue weighted by Crippen LogP contribution is 2.27. The van der Waals surface area contributed by atoms with Crippen LogP contribution in [-0.4, -0.2) is 29.8 Å². The van der Waals surface area contributed by atoms with Crippen molar-refractivity contribution < 1.29 is 9.18 Å². The van der Waals surface area contributed by atoms with Gasteiger partial charge < -0.3 is 10.6 Å². The topological polar surface area (TPSA) is 41.1 Å². The smallest absolute Gasteiger partial charge is 0.221 e. The summed E-state index contributed by atoms with van der Waals surface area (Å²) in [5.41, 5.74) is 0. The molecule has 0 saturated carbocycles. The predicted molar refractivity (Wildman–Crippen MR) is 90.1 cm³/mol. The molecule has 0 spiro atoms. The van der Waals surface area contributed by atoms with E-state index in [1.165, 1.54) is 30.7 Å². The standard InChI is InChI=1S/C16H21FN2OS.ClH/c17-14-3-1-2-4-15(14)21-8-7-16(20)19-13-9-11-5-6-12(10-13)18-11;/h1-4,11-13,18H,5-10H2,(H,19,20);1H. The molecule has 2 N–H and O–H groups in total. The van der Waals surface area contributed by atoms with Gasteiger partial charge >= 0.3 is 0 Å². The van der Waals surface area contributed by atoms with Crippen LogP contribution in [0.3, 0.4) is 0 Å². The number of carbonyl (C=O) groups excluding carboxylic acids is 1. The molecule has 22 heavy (non-hydrogen) atoms. The zero-order valence-corrected chi connectivity index (χ0v) is 14.0. The number of thioether (sulfide) groups is 1. The Labute approximate surface area is 141 Å². The summed E-state index contributed by atoms with van der Waals surface area (Å²) in [6.07, 6.45) is 5.00. The van der Waals surface area contributed by atoms with E-state index in [0.29, 0.717) is 35.2 Å². The number of amides is 1. The van der Waals surface area contributed by atoms with E-state index < -0.39 is 0 Å². The number of rotatable bonds is 5. The van der Waals surface area contributed by atoms with E-state index >= 15 is 0 Å². The van der Waals surface area contributed by atoms with Crippen molar-refractivity contribution in [1.82, 2.24) is 10.6 Å². The Morgan fingerprint density at radius 2 is 1.95 bits per heavy atom. The lowest BCUT2D eigenvalue weighted by atomic mass is 10.00. The Bertz CT molecular complexity index is 505. The average molecular weight is 345 g/mol. The Balaban J connectivity index is 0.00000176. The van der Waals surface area contributed by atoms with E-state index in [1.807, 2.05) is 6.07 Å². The van der Waals surface area contributed by atoms with Crippen LogP contribution in [-0.2, 0) is 4.79 Å². The van der Waals surface area contributed by atoms with Crippen molar-refractivity contribution in [3.63, 3.8) is 0 Å². The fraction of sp³-hybridized carbons (Fsp3) is 0.562. The summed E-state index contributed by atoms with van der Waals surface area (Å²) in [6.45, 7) is 0. The van der Waals surface area contributed by atoms with Crippen molar-refractivity contribution in [2.24, 2.45) is 0 Å². The summed E-state index contributed by atoms with van der Waals surface area (Å²) < 4.78 is 13.5. The highest BCUT2D eigenvalue weighted by Gasteiger charge is 2.33. The lowest BCUT2D eigenvalue weighted by Crippen LogP contribution is -2.48. The molecular weight excluding hydrogens is 323 g/mol. The maximum atomic E-state index is 13.5. The van der Waals surface area contributed by atoms with E-state index in [2.05, 4.69) is 10.6 Å². The number of carbonyl (C=O) groups is 1. The lowest BCUT2D eigenvalue weighted by Gasteiger charge is -2.29. The van der Waals surface area contributed by atoms with Gasteiger partial charge in [-0.3, -0.25) is 4.79 Å². The van der Waals surface area contributed by atoms with Crippen molar-refractivity contribution in [2.45, 2.75) is 55.1 Å². The Morgan fingerprint density at radius 1 is 1.27 bits per heavy atom. The van der Waals surface area contributed by atoms with E-state index in [-0.39, 0.29) is 24.1 Å². The number of fused-ring (bicyclic) bond motifs is 2. The fourth-order valence-electron chi connectivity index (χ4n) is 3.29. The Morgan fingerprint density at radius 3 is 2.64 bits per heavy atom. The van der Waals surface area contributed by atoms with E-state index in [1.54, 1.807) is 12.1 Å². The number of halogens is 2. The maximum absolute atomic E-state index is 13.5. The van der Waals surface area contributed by atoms with Gasteiger partial charge in [0.05, 0.1) is 0 Å². The lowest BCUT2D eigenvalue weighted by molar-refractivity contribution is -0.121. The van der Waals surface area contributed by atoms with E-state index in [4.69, 9.17) is 0 Å². The van der Waals surface area contributed by atoms with Crippen LogP contribution in [0, 0.1) is 5.82 Å². The molecule has 0 radical (unpaired) electrons. The molecule has 2 saturated heterocycles. The normalized spacial score (nSPS) is 26.3. The molecule has 3 nitrogen and oxygen atoms in total. The quantitative estimate of drug-likeness (QED) is 0.806. The molecular formula is C16H22ClFN2OS. The zero-order valence-electron chi connectivity index (χ0n) is 12.4. The molecule has 1 amide bonds. The molecule has 6 heteroatoms. The van der Waals surface area contributed by atoms with Crippen molar-refractivity contribution in [3.05, 3.63) is 30.1 Å². The third kappa shape index (κ3) is 4.61. The first-order valence-corrected chi connectivity index (χ1v) is 8.62. The first-order valence-electron chi connectivity index (χ1n) is 7.63. The molecule has 2 fully saturated rings. The van der Waals surface area contributed by atoms with Crippen LogP contribution in [0.25, 0.3) is 0 Å². The van der Waals surface area contributed by atoms with E-state index in [9.17, 15) is 9.18 Å². The number of benzene rings is 1. The minimum atomic E-state index is -0.210. The minimum absolute atomic E-state index is 0. The summed E-state index contributed by atoms with van der Waals surface area (Å²) in [7, 11) is 0. The molecule has 2 unspecified atom stereocenters. The molecule has 3 rings (SSSR count). The van der Waals surface area contributed by atoms with Crippen molar-refractivity contribution in [1.29, 1.82) is 0 Å². The average Bonchev–Trinajstić information content (AvgIpc) is 2.80. The van der Waals surface area contributed by atoms with Crippen LogP contribution in [0.15, 0.2) is 29.2 Å². The number of piperidine rings is 1. The second-order valence-electron chi connectivity index (χ2n) is 5.90. The van der Waals surface area contributed by atoms with Crippen LogP contribution >= 0.6 is 24.2 Å². The molecule has 0 aliphatic carbocycles. The van der Waals surface area contributed by atoms with Gasteiger partial charge in [-0.15, -0.1) is 24.2 Å². The van der Waals surface area contributed by atoms with Crippen LogP contribution in [0.5, 0.6) is 0 Å². The van der Waals surface area contributed by atoms with Gasteiger partial charge in [0.15, 0.2) is 0 Å². The van der Waals surface area contributed by atoms with Crippen molar-refractivity contribution in [3.8, 4) is 0 Å². The van der Waals surface area contributed by atoms with Crippen LogP contribution in [0.1, 0.15) is 32.1 Å². The zero-order chi connectivity index (χ0) is 14.7. The summed E-state index contributed by atoms with van der Waals surface area (Å²) in [5.74, 6) is 0.493. The predicted octanol–water partition coefficient (Wildman–Crippen LogP) is 3.13. The molecule has 1 aromatic carbocycles. The molecule has 2 atom stereocenters. The number of hydrogen-bond donors (Lipinski definition) is 2. The van der Waals surface area contributed by atoms with Gasteiger partial charge in [0, 0.05) is 35.2 Å². The molecule has 2 heterocycles. The monoisotopic (exact) mass is 344 g/mol. The second kappa shape index (κ2) is 8.18. The van der Waals surface area contributed by atoms with Crippen molar-refractivity contribution in [2.75, 3.05) is 5.75 Å². The van der Waals surface area contributed by atoms with Gasteiger partial charge in [-0.05, 0) is 37.8 Å². The van der Waals surface area contributed by atoms with Crippen LogP contribution in [0.4, 0.5) is 4.39 Å². The third-order valence-electron chi connectivity index (χ3n) is 4.26. The van der Waals surface area contributed by atoms with Gasteiger partial charge in [-0.25, -0.2) is 4.39 Å². The summed E-state index contributed by atoms with van der Waals surface area (Å²) >= 11 is 1.40. The van der Waals surface area contributed by atoms with Gasteiger partial charge in [0.1, 0.15) is 5.82 Å². The molecule has 2 aliphatic rings. The molecule has 2 bridgehead atoms. The third-order valence-corrected chi connectivity index (χ3v) is 5.31. The minimum Gasteiger partial charge on any atom is -0.353 e. The first-order chi connectivity index (χ1) is 10.2. The molecule has 2 aliphatic heterocycles. The van der Waals surface area contributed by atoms with Crippen LogP contribution in [0.2, 0.25) is 0 Å². The largest absolute Gasteiger partial charge is 0.353 e. The van der Waals surface area contributed by atoms with Crippen molar-refractivity contribution >= 4 is 30.1 Å². The Kier molecular flexibility index (Phi) is 6.53. The molecule has 1 aromatic rings. The van der Waals surface area contributed by atoms with Gasteiger partial charge in [-0.1, -0.05) is 12.1 Å². The SMILES string of the molecule is Cl.O=C(CCSc1ccccc1F)NC1CC2CCC(C1)N2. The summed E-state index contributed by atoms with van der Waals surface area (Å²) in [6, 6.07) is 8.18. The van der Waals surface area contributed by atoms with E-state index in [0.717, 1.165) is 12.8 Å². The number of hydrogen-bond acceptors (Lipinski definition) is 3. The molecule has 122 valence electrons. The number of nitrogens with one attached hydrogen (secondary N) is 2. The fourth-order valence-corrected chi connectivity index (χ4v) is 4.18. The maximum Gasteiger partial charge on any atom is 0.221 e. The highest BCUT2D eigenvalue weighted by molar-refractivity contribution is 7.99. The van der Waals surface area contributed by atoms with Gasteiger partial charge in [0.2, 0.25) is 5.91 Å². The second-order valence-corrected chi connectivity index (χ2v) is 7.04. The van der Waals surface area contributed by atoms with Gasteiger partial charge in [-0.2, -0.15) is 0 Å².